The molecule has 1 aliphatic heterocycles. The van der Waals surface area contributed by atoms with Crippen molar-refractivity contribution in [2.75, 3.05) is 31.5 Å². The van der Waals surface area contributed by atoms with Crippen LogP contribution in [0.25, 0.3) is 11.0 Å². The van der Waals surface area contributed by atoms with Crippen LogP contribution in [0.2, 0.25) is 0 Å². The van der Waals surface area contributed by atoms with Gasteiger partial charge in [0.25, 0.3) is 0 Å². The fraction of sp³-hybridized carbons (Fsp3) is 0.333. The summed E-state index contributed by atoms with van der Waals surface area (Å²) in [6.07, 6.45) is 0. The number of benzene rings is 2. The number of rotatable bonds is 6. The van der Waals surface area contributed by atoms with Crippen LogP contribution in [-0.2, 0) is 14.8 Å². The first-order chi connectivity index (χ1) is 15.3. The van der Waals surface area contributed by atoms with Gasteiger partial charge in [-0.15, -0.1) is 0 Å². The second kappa shape index (κ2) is 9.02. The lowest BCUT2D eigenvalue weighted by Crippen LogP contribution is -2.53. The van der Waals surface area contributed by atoms with Gasteiger partial charge in [-0.2, -0.15) is 13.1 Å². The summed E-state index contributed by atoms with van der Waals surface area (Å²) in [5.41, 5.74) is 2.15. The lowest BCUT2D eigenvalue weighted by molar-refractivity contribution is -0.121. The molecule has 32 heavy (non-hydrogen) atoms. The molecule has 1 amide bonds. The maximum atomic E-state index is 13.2. The summed E-state index contributed by atoms with van der Waals surface area (Å²) in [6.45, 7) is 4.71. The summed E-state index contributed by atoms with van der Waals surface area (Å²) in [6, 6.07) is 11.3. The number of anilines is 1. The molecule has 1 N–H and O–H groups in total. The van der Waals surface area contributed by atoms with E-state index in [9.17, 15) is 18.0 Å². The van der Waals surface area contributed by atoms with E-state index in [0.29, 0.717) is 35.4 Å². The molecule has 0 saturated carbocycles. The van der Waals surface area contributed by atoms with Gasteiger partial charge in [0, 0.05) is 37.4 Å². The Morgan fingerprint density at radius 2 is 1.72 bits per heavy atom. The van der Waals surface area contributed by atoms with Crippen molar-refractivity contribution in [1.82, 2.24) is 18.0 Å². The van der Waals surface area contributed by atoms with Gasteiger partial charge in [0.05, 0.1) is 17.8 Å². The number of Topliss-reactive ketones (excluding diaryl/α,β-unsaturated/α-hetero) is 1. The smallest absolute Gasteiger partial charge is 0.245 e. The standard InChI is InChI=1S/C21H23N5O4S2/c1-14(21(28)22-17-8-6-16(7-9-17)15(2)27)25-10-12-26(13-11-25)32(29,30)19-5-3-4-18-20(19)24-31-23-18/h3-9,14H,10-13H2,1-2H3,(H,22,28)/t14-/m0/s1. The zero-order chi connectivity index (χ0) is 22.9. The number of carbonyl (C=O) groups excluding carboxylic acids is 2. The van der Waals surface area contributed by atoms with Crippen LogP contribution in [0.15, 0.2) is 47.4 Å². The van der Waals surface area contributed by atoms with E-state index in [1.807, 2.05) is 4.90 Å². The average Bonchev–Trinajstić information content (AvgIpc) is 3.28. The van der Waals surface area contributed by atoms with Gasteiger partial charge in [0.1, 0.15) is 15.9 Å². The first-order valence-electron chi connectivity index (χ1n) is 10.1. The van der Waals surface area contributed by atoms with Crippen molar-refractivity contribution in [3.05, 3.63) is 48.0 Å². The van der Waals surface area contributed by atoms with Crippen LogP contribution < -0.4 is 5.32 Å². The number of ketones is 1. The Kier molecular flexibility index (Phi) is 6.33. The van der Waals surface area contributed by atoms with E-state index in [1.165, 1.54) is 11.2 Å². The van der Waals surface area contributed by atoms with Crippen molar-refractivity contribution < 1.29 is 18.0 Å². The Hall–Kier alpha value is -2.73. The highest BCUT2D eigenvalue weighted by atomic mass is 32.2. The van der Waals surface area contributed by atoms with E-state index < -0.39 is 16.1 Å². The van der Waals surface area contributed by atoms with E-state index >= 15 is 0 Å². The molecular formula is C21H23N5O4S2. The number of aromatic nitrogens is 2. The van der Waals surface area contributed by atoms with Gasteiger partial charge in [-0.05, 0) is 50.2 Å². The van der Waals surface area contributed by atoms with Gasteiger partial charge in [-0.25, -0.2) is 8.42 Å². The molecule has 2 aromatic carbocycles. The summed E-state index contributed by atoms with van der Waals surface area (Å²) >= 11 is 0.988. The molecule has 1 atom stereocenters. The van der Waals surface area contributed by atoms with E-state index in [2.05, 4.69) is 14.1 Å². The highest BCUT2D eigenvalue weighted by molar-refractivity contribution is 7.89. The first kappa shape index (κ1) is 22.5. The number of hydrogen-bond donors (Lipinski definition) is 1. The van der Waals surface area contributed by atoms with Gasteiger partial charge >= 0.3 is 0 Å². The van der Waals surface area contributed by atoms with Crippen molar-refractivity contribution >= 4 is 50.2 Å². The molecule has 1 aromatic heterocycles. The third kappa shape index (κ3) is 4.42. The number of sulfonamides is 1. The summed E-state index contributed by atoms with van der Waals surface area (Å²) in [5, 5.41) is 2.85. The minimum Gasteiger partial charge on any atom is -0.325 e. The molecule has 168 valence electrons. The lowest BCUT2D eigenvalue weighted by atomic mass is 10.1. The summed E-state index contributed by atoms with van der Waals surface area (Å²) in [5.74, 6) is -0.221. The fourth-order valence-corrected chi connectivity index (χ4v) is 5.84. The highest BCUT2D eigenvalue weighted by Crippen LogP contribution is 2.25. The molecule has 1 fully saturated rings. The Balaban J connectivity index is 1.39. The minimum absolute atomic E-state index is 0.0358. The third-order valence-electron chi connectivity index (χ3n) is 5.63. The van der Waals surface area contributed by atoms with Crippen molar-refractivity contribution in [2.24, 2.45) is 0 Å². The third-order valence-corrected chi connectivity index (χ3v) is 8.10. The molecule has 1 aliphatic rings. The zero-order valence-corrected chi connectivity index (χ0v) is 19.3. The monoisotopic (exact) mass is 473 g/mol. The van der Waals surface area contributed by atoms with E-state index in [4.69, 9.17) is 0 Å². The molecule has 9 nitrogen and oxygen atoms in total. The van der Waals surface area contributed by atoms with Crippen LogP contribution in [0.4, 0.5) is 5.69 Å². The molecular weight excluding hydrogens is 450 g/mol. The van der Waals surface area contributed by atoms with Crippen molar-refractivity contribution in [1.29, 1.82) is 0 Å². The number of amides is 1. The summed E-state index contributed by atoms with van der Waals surface area (Å²) < 4.78 is 36.0. The second-order valence-electron chi connectivity index (χ2n) is 7.63. The van der Waals surface area contributed by atoms with Crippen molar-refractivity contribution in [3.63, 3.8) is 0 Å². The predicted octanol–water partition coefficient (Wildman–Crippen LogP) is 2.23. The largest absolute Gasteiger partial charge is 0.325 e. The maximum Gasteiger partial charge on any atom is 0.245 e. The van der Waals surface area contributed by atoms with Crippen LogP contribution in [-0.4, -0.2) is 70.3 Å². The van der Waals surface area contributed by atoms with Gasteiger partial charge in [-0.1, -0.05) is 6.07 Å². The number of fused-ring (bicyclic) bond motifs is 1. The van der Waals surface area contributed by atoms with E-state index in [-0.39, 0.29) is 29.7 Å². The van der Waals surface area contributed by atoms with Gasteiger partial charge < -0.3 is 5.32 Å². The molecule has 0 spiro atoms. The molecule has 0 aliphatic carbocycles. The molecule has 3 aromatic rings. The fourth-order valence-electron chi connectivity index (χ4n) is 3.66. The minimum atomic E-state index is -3.70. The number of piperazine rings is 1. The Bertz CT molecular complexity index is 1250. The van der Waals surface area contributed by atoms with Crippen LogP contribution in [0.1, 0.15) is 24.2 Å². The quantitative estimate of drug-likeness (QED) is 0.546. The number of hydrogen-bond acceptors (Lipinski definition) is 8. The molecule has 0 radical (unpaired) electrons. The number of nitrogens with one attached hydrogen (secondary N) is 1. The van der Waals surface area contributed by atoms with E-state index in [1.54, 1.807) is 49.4 Å². The second-order valence-corrected chi connectivity index (χ2v) is 10.1. The Morgan fingerprint density at radius 3 is 2.38 bits per heavy atom. The molecule has 2 heterocycles. The summed E-state index contributed by atoms with van der Waals surface area (Å²) in [4.78, 5) is 26.2. The van der Waals surface area contributed by atoms with Crippen molar-refractivity contribution in [3.8, 4) is 0 Å². The average molecular weight is 474 g/mol. The SMILES string of the molecule is CC(=O)c1ccc(NC(=O)[C@H](C)N2CCN(S(=O)(=O)c3cccc4nsnc34)CC2)cc1. The van der Waals surface area contributed by atoms with Gasteiger partial charge in [0.15, 0.2) is 5.78 Å². The van der Waals surface area contributed by atoms with Crippen LogP contribution in [0.5, 0.6) is 0 Å². The molecule has 0 bridgehead atoms. The highest BCUT2D eigenvalue weighted by Gasteiger charge is 2.33. The van der Waals surface area contributed by atoms with Gasteiger partial charge in [-0.3, -0.25) is 14.5 Å². The van der Waals surface area contributed by atoms with Crippen LogP contribution in [0, 0.1) is 0 Å². The Morgan fingerprint density at radius 1 is 1.03 bits per heavy atom. The molecule has 1 saturated heterocycles. The maximum absolute atomic E-state index is 13.2. The topological polar surface area (TPSA) is 113 Å². The normalized spacial score (nSPS) is 16.7. The Labute approximate surface area is 190 Å². The first-order valence-corrected chi connectivity index (χ1v) is 12.3. The van der Waals surface area contributed by atoms with Crippen molar-refractivity contribution in [2.45, 2.75) is 24.8 Å². The number of nitrogens with zero attached hydrogens (tertiary/aromatic N) is 4. The van der Waals surface area contributed by atoms with Gasteiger partial charge in [0.2, 0.25) is 15.9 Å². The summed E-state index contributed by atoms with van der Waals surface area (Å²) in [7, 11) is -3.70. The number of carbonyl (C=O) groups is 2. The van der Waals surface area contributed by atoms with E-state index in [0.717, 1.165) is 11.7 Å². The lowest BCUT2D eigenvalue weighted by Gasteiger charge is -2.36. The molecule has 4 rings (SSSR count). The molecule has 0 unspecified atom stereocenters. The molecule has 11 heteroatoms. The van der Waals surface area contributed by atoms with Crippen LogP contribution >= 0.6 is 11.7 Å². The van der Waals surface area contributed by atoms with Crippen LogP contribution in [0.3, 0.4) is 0 Å². The predicted molar refractivity (Wildman–Crippen MR) is 122 cm³/mol. The zero-order valence-electron chi connectivity index (χ0n) is 17.7.